The third kappa shape index (κ3) is 18.8. The van der Waals surface area contributed by atoms with Crippen molar-refractivity contribution in [2.24, 2.45) is 5.92 Å². The van der Waals surface area contributed by atoms with Crippen LogP contribution in [0.4, 0.5) is 0 Å². The molecule has 0 aromatic heterocycles. The topological polar surface area (TPSA) is 29.1 Å². The van der Waals surface area contributed by atoms with Crippen molar-refractivity contribution in [3.8, 4) is 0 Å². The fourth-order valence-electron chi connectivity index (χ4n) is 2.36. The molecule has 0 radical (unpaired) electrons. The fourth-order valence-corrected chi connectivity index (χ4v) is 2.36. The average Bonchev–Trinajstić information content (AvgIpc) is 2.63. The second kappa shape index (κ2) is 19.8. The highest BCUT2D eigenvalue weighted by Gasteiger charge is 2.03. The summed E-state index contributed by atoms with van der Waals surface area (Å²) in [5.41, 5.74) is 0. The normalized spacial score (nSPS) is 12.5. The molecular weight excluding hydrogens is 318 g/mol. The minimum atomic E-state index is 0.0866. The van der Waals surface area contributed by atoms with Gasteiger partial charge in [0.1, 0.15) is 0 Å². The van der Waals surface area contributed by atoms with Crippen molar-refractivity contribution < 1.29 is 4.79 Å². The lowest BCUT2D eigenvalue weighted by atomic mass is 10.2. The average molecular weight is 360 g/mol. The van der Waals surface area contributed by atoms with Crippen LogP contribution in [0.25, 0.3) is 0 Å². The Kier molecular flexibility index (Phi) is 18.6. The van der Waals surface area contributed by atoms with Gasteiger partial charge in [-0.3, -0.25) is 4.79 Å². The molecule has 0 aromatic carbocycles. The van der Waals surface area contributed by atoms with E-state index < -0.39 is 0 Å². The molecular formula is C24H41NO. The van der Waals surface area contributed by atoms with Gasteiger partial charge in [0, 0.05) is 12.5 Å². The quantitative estimate of drug-likeness (QED) is 0.235. The maximum Gasteiger partial charge on any atom is 0.222 e. The van der Waals surface area contributed by atoms with Gasteiger partial charge >= 0.3 is 0 Å². The lowest BCUT2D eigenvalue weighted by Crippen LogP contribution is -2.28. The second-order valence-corrected chi connectivity index (χ2v) is 7.03. The lowest BCUT2D eigenvalue weighted by molar-refractivity contribution is -0.123. The maximum atomic E-state index is 11.4. The number of rotatable bonds is 16. The van der Waals surface area contributed by atoms with E-state index in [1.807, 2.05) is 13.8 Å². The first kappa shape index (κ1) is 24.4. The summed E-state index contributed by atoms with van der Waals surface area (Å²) in [5, 5.41) is 2.95. The molecule has 0 unspecified atom stereocenters. The van der Waals surface area contributed by atoms with Gasteiger partial charge in [0.05, 0.1) is 0 Å². The number of carbonyl (C=O) groups excluding carboxylic acids is 1. The summed E-state index contributed by atoms with van der Waals surface area (Å²) in [6.07, 6.45) is 29.5. The van der Waals surface area contributed by atoms with E-state index in [2.05, 4.69) is 60.8 Å². The molecule has 0 saturated heterocycles. The second-order valence-electron chi connectivity index (χ2n) is 7.03. The van der Waals surface area contributed by atoms with Crippen LogP contribution in [0.5, 0.6) is 0 Å². The Morgan fingerprint density at radius 3 is 1.65 bits per heavy atom. The molecule has 0 fully saturated rings. The SMILES string of the molecule is CCCCCC=CCC=CCC=CCC=CCCCCNC(=O)C(C)C. The first-order valence-electron chi connectivity index (χ1n) is 10.6. The summed E-state index contributed by atoms with van der Waals surface area (Å²) in [5.74, 6) is 0.242. The highest BCUT2D eigenvalue weighted by atomic mass is 16.1. The monoisotopic (exact) mass is 359 g/mol. The van der Waals surface area contributed by atoms with Crippen LogP contribution in [0, 0.1) is 5.92 Å². The van der Waals surface area contributed by atoms with Gasteiger partial charge < -0.3 is 5.32 Å². The van der Waals surface area contributed by atoms with E-state index in [1.54, 1.807) is 0 Å². The number of hydrogen-bond donors (Lipinski definition) is 1. The van der Waals surface area contributed by atoms with Gasteiger partial charge in [-0.1, -0.05) is 82.2 Å². The third-order valence-electron chi connectivity index (χ3n) is 4.08. The zero-order valence-electron chi connectivity index (χ0n) is 17.4. The Hall–Kier alpha value is -1.57. The molecule has 26 heavy (non-hydrogen) atoms. The van der Waals surface area contributed by atoms with Crippen LogP contribution >= 0.6 is 0 Å². The zero-order chi connectivity index (χ0) is 19.3. The summed E-state index contributed by atoms with van der Waals surface area (Å²) in [4.78, 5) is 11.4. The van der Waals surface area contributed by atoms with Crippen molar-refractivity contribution in [2.45, 2.75) is 85.0 Å². The molecule has 0 aliphatic heterocycles. The van der Waals surface area contributed by atoms with Crippen LogP contribution in [-0.2, 0) is 4.79 Å². The summed E-state index contributed by atoms with van der Waals surface area (Å²) in [7, 11) is 0. The van der Waals surface area contributed by atoms with Crippen LogP contribution in [0.2, 0.25) is 0 Å². The van der Waals surface area contributed by atoms with Crippen LogP contribution < -0.4 is 5.32 Å². The van der Waals surface area contributed by atoms with Crippen molar-refractivity contribution in [2.75, 3.05) is 6.54 Å². The Morgan fingerprint density at radius 2 is 1.19 bits per heavy atom. The Balaban J connectivity index is 3.42. The number of allylic oxidation sites excluding steroid dienone is 8. The largest absolute Gasteiger partial charge is 0.356 e. The highest BCUT2D eigenvalue weighted by molar-refractivity contribution is 5.77. The van der Waals surface area contributed by atoms with Crippen LogP contribution in [-0.4, -0.2) is 12.5 Å². The molecule has 1 amide bonds. The van der Waals surface area contributed by atoms with E-state index in [-0.39, 0.29) is 11.8 Å². The molecule has 0 rings (SSSR count). The highest BCUT2D eigenvalue weighted by Crippen LogP contribution is 2.01. The molecule has 1 N–H and O–H groups in total. The van der Waals surface area contributed by atoms with E-state index in [0.717, 1.165) is 45.1 Å². The van der Waals surface area contributed by atoms with E-state index in [4.69, 9.17) is 0 Å². The van der Waals surface area contributed by atoms with Gasteiger partial charge in [-0.05, 0) is 51.4 Å². The number of amides is 1. The van der Waals surface area contributed by atoms with Crippen molar-refractivity contribution >= 4 is 5.91 Å². The minimum Gasteiger partial charge on any atom is -0.356 e. The van der Waals surface area contributed by atoms with Crippen LogP contribution in [0.15, 0.2) is 48.6 Å². The Labute approximate surface area is 162 Å². The summed E-state index contributed by atoms with van der Waals surface area (Å²) in [6, 6.07) is 0. The number of carbonyl (C=O) groups is 1. The van der Waals surface area contributed by atoms with E-state index in [1.165, 1.54) is 25.7 Å². The number of nitrogens with one attached hydrogen (secondary N) is 1. The van der Waals surface area contributed by atoms with E-state index in [9.17, 15) is 4.79 Å². The van der Waals surface area contributed by atoms with Gasteiger partial charge in [-0.15, -0.1) is 0 Å². The molecule has 0 atom stereocenters. The fraction of sp³-hybridized carbons (Fsp3) is 0.625. The lowest BCUT2D eigenvalue weighted by Gasteiger charge is -2.06. The summed E-state index contributed by atoms with van der Waals surface area (Å²) in [6.45, 7) is 6.89. The Morgan fingerprint density at radius 1 is 0.731 bits per heavy atom. The van der Waals surface area contributed by atoms with Gasteiger partial charge in [0.25, 0.3) is 0 Å². The number of unbranched alkanes of at least 4 members (excludes halogenated alkanes) is 5. The molecule has 0 aliphatic carbocycles. The molecule has 0 saturated carbocycles. The van der Waals surface area contributed by atoms with Gasteiger partial charge in [-0.2, -0.15) is 0 Å². The minimum absolute atomic E-state index is 0.0866. The zero-order valence-corrected chi connectivity index (χ0v) is 17.4. The van der Waals surface area contributed by atoms with Crippen molar-refractivity contribution in [1.29, 1.82) is 0 Å². The first-order valence-corrected chi connectivity index (χ1v) is 10.6. The summed E-state index contributed by atoms with van der Waals surface area (Å²) >= 11 is 0. The van der Waals surface area contributed by atoms with Gasteiger partial charge in [0.15, 0.2) is 0 Å². The molecule has 0 spiro atoms. The van der Waals surface area contributed by atoms with Crippen molar-refractivity contribution in [3.05, 3.63) is 48.6 Å². The van der Waals surface area contributed by atoms with Gasteiger partial charge in [0.2, 0.25) is 5.91 Å². The number of hydrogen-bond acceptors (Lipinski definition) is 1. The van der Waals surface area contributed by atoms with Crippen LogP contribution in [0.3, 0.4) is 0 Å². The van der Waals surface area contributed by atoms with E-state index >= 15 is 0 Å². The third-order valence-corrected chi connectivity index (χ3v) is 4.08. The van der Waals surface area contributed by atoms with Crippen molar-refractivity contribution in [1.82, 2.24) is 5.32 Å². The van der Waals surface area contributed by atoms with E-state index in [0.29, 0.717) is 0 Å². The predicted octanol–water partition coefficient (Wildman–Crippen LogP) is 6.90. The molecule has 0 bridgehead atoms. The molecule has 148 valence electrons. The molecule has 0 heterocycles. The van der Waals surface area contributed by atoms with Crippen LogP contribution in [0.1, 0.15) is 85.0 Å². The maximum absolute atomic E-state index is 11.4. The standard InChI is InChI=1S/C24H41NO/c1-4-5-6-7-8-9-10-11-12-13-14-15-16-17-18-19-20-21-22-25-24(26)23(2)3/h8-9,11-12,14-15,17-18,23H,4-7,10,13,16,19-22H2,1-3H3,(H,25,26). The Bertz CT molecular complexity index is 429. The predicted molar refractivity (Wildman–Crippen MR) is 116 cm³/mol. The molecule has 0 aromatic rings. The summed E-state index contributed by atoms with van der Waals surface area (Å²) < 4.78 is 0. The molecule has 2 nitrogen and oxygen atoms in total. The molecule has 2 heteroatoms. The molecule has 0 aliphatic rings. The smallest absolute Gasteiger partial charge is 0.222 e. The van der Waals surface area contributed by atoms with Crippen molar-refractivity contribution in [3.63, 3.8) is 0 Å². The first-order chi connectivity index (χ1) is 12.7. The van der Waals surface area contributed by atoms with Gasteiger partial charge in [-0.25, -0.2) is 0 Å².